The minimum Gasteiger partial charge on any atom is -0.460 e. The molecule has 0 aliphatic carbocycles. The highest BCUT2D eigenvalue weighted by atomic mass is 79.9. The van der Waals surface area contributed by atoms with E-state index in [0.29, 0.717) is 24.3 Å². The average molecular weight is 362 g/mol. The fraction of sp³-hybridized carbons (Fsp3) is 0.500. The van der Waals surface area contributed by atoms with Gasteiger partial charge in [0, 0.05) is 17.4 Å². The molecule has 0 saturated carbocycles. The van der Waals surface area contributed by atoms with E-state index in [4.69, 9.17) is 4.74 Å². The molecule has 0 amide bonds. The van der Waals surface area contributed by atoms with Crippen molar-refractivity contribution in [2.75, 3.05) is 6.54 Å². The van der Waals surface area contributed by atoms with Crippen LogP contribution in [0.3, 0.4) is 0 Å². The summed E-state index contributed by atoms with van der Waals surface area (Å²) >= 11 is 3.33. The predicted molar refractivity (Wildman–Crippen MR) is 83.6 cm³/mol. The molecule has 20 heavy (non-hydrogen) atoms. The van der Waals surface area contributed by atoms with Gasteiger partial charge in [-0.3, -0.25) is 4.79 Å². The molecule has 0 spiro atoms. The summed E-state index contributed by atoms with van der Waals surface area (Å²) in [6.07, 6.45) is 0.916. The minimum absolute atomic E-state index is 0.228. The maximum absolute atomic E-state index is 11.9. The monoisotopic (exact) mass is 361 g/mol. The number of hydrogen-bond donors (Lipinski definition) is 1. The number of benzene rings is 1. The van der Waals surface area contributed by atoms with Crippen LogP contribution in [-0.2, 0) is 20.5 Å². The molecule has 0 saturated heterocycles. The van der Waals surface area contributed by atoms with Crippen LogP contribution in [0.5, 0.6) is 0 Å². The Kier molecular flexibility index (Phi) is 6.85. The van der Waals surface area contributed by atoms with Gasteiger partial charge in [0.2, 0.25) is 0 Å². The van der Waals surface area contributed by atoms with Crippen LogP contribution in [-0.4, -0.2) is 22.3 Å². The highest BCUT2D eigenvalue weighted by Gasteiger charge is 2.15. The number of halogens is 1. The molecule has 1 N–H and O–H groups in total. The SMILES string of the molecule is CC(C)(C)OC(=O)CCCNS(=O)c1ccc(Br)cc1. The van der Waals surface area contributed by atoms with E-state index >= 15 is 0 Å². The summed E-state index contributed by atoms with van der Waals surface area (Å²) in [5, 5.41) is 0. The molecule has 0 bridgehead atoms. The Morgan fingerprint density at radius 2 is 1.90 bits per heavy atom. The molecule has 1 unspecified atom stereocenters. The molecular weight excluding hydrogens is 342 g/mol. The van der Waals surface area contributed by atoms with Gasteiger partial charge < -0.3 is 4.74 Å². The van der Waals surface area contributed by atoms with E-state index in [1.165, 1.54) is 0 Å². The summed E-state index contributed by atoms with van der Waals surface area (Å²) in [5.41, 5.74) is -0.454. The molecule has 112 valence electrons. The highest BCUT2D eigenvalue weighted by molar-refractivity contribution is 9.10. The van der Waals surface area contributed by atoms with Crippen LogP contribution >= 0.6 is 15.9 Å². The van der Waals surface area contributed by atoms with Crippen LogP contribution in [0.15, 0.2) is 33.6 Å². The van der Waals surface area contributed by atoms with E-state index in [1.807, 2.05) is 32.9 Å². The Balaban J connectivity index is 2.26. The molecule has 1 rings (SSSR count). The summed E-state index contributed by atoms with van der Waals surface area (Å²) in [6.45, 7) is 6.02. The smallest absolute Gasteiger partial charge is 0.306 e. The van der Waals surface area contributed by atoms with E-state index in [9.17, 15) is 9.00 Å². The fourth-order valence-corrected chi connectivity index (χ4v) is 2.58. The van der Waals surface area contributed by atoms with Gasteiger partial charge in [0.1, 0.15) is 16.6 Å². The maximum atomic E-state index is 11.9. The van der Waals surface area contributed by atoms with Gasteiger partial charge in [-0.05, 0) is 51.5 Å². The third-order valence-electron chi connectivity index (χ3n) is 2.24. The van der Waals surface area contributed by atoms with E-state index in [0.717, 1.165) is 4.47 Å². The molecular formula is C14H20BrNO3S. The Hall–Kier alpha value is -0.720. The maximum Gasteiger partial charge on any atom is 0.306 e. The van der Waals surface area contributed by atoms with Gasteiger partial charge in [-0.15, -0.1) is 0 Å². The van der Waals surface area contributed by atoms with Crippen LogP contribution in [0.1, 0.15) is 33.6 Å². The second kappa shape index (κ2) is 7.90. The quantitative estimate of drug-likeness (QED) is 0.625. The summed E-state index contributed by atoms with van der Waals surface area (Å²) in [7, 11) is -1.25. The number of carbonyl (C=O) groups is 1. The lowest BCUT2D eigenvalue weighted by Gasteiger charge is -2.19. The first-order valence-electron chi connectivity index (χ1n) is 6.40. The minimum atomic E-state index is -1.25. The summed E-state index contributed by atoms with van der Waals surface area (Å²) in [6, 6.07) is 7.27. The number of rotatable bonds is 6. The van der Waals surface area contributed by atoms with Crippen molar-refractivity contribution in [3.05, 3.63) is 28.7 Å². The number of carbonyl (C=O) groups excluding carboxylic acids is 1. The summed E-state index contributed by atoms with van der Waals surface area (Å²) in [5.74, 6) is -0.228. The van der Waals surface area contributed by atoms with Crippen LogP contribution < -0.4 is 4.72 Å². The molecule has 0 fully saturated rings. The fourth-order valence-electron chi connectivity index (χ4n) is 1.43. The van der Waals surface area contributed by atoms with Crippen molar-refractivity contribution in [1.29, 1.82) is 0 Å². The third kappa shape index (κ3) is 7.17. The molecule has 4 nitrogen and oxygen atoms in total. The topological polar surface area (TPSA) is 55.4 Å². The molecule has 0 radical (unpaired) electrons. The van der Waals surface area contributed by atoms with Crippen molar-refractivity contribution < 1.29 is 13.7 Å². The molecule has 6 heteroatoms. The zero-order valence-electron chi connectivity index (χ0n) is 11.9. The van der Waals surface area contributed by atoms with Gasteiger partial charge >= 0.3 is 5.97 Å². The average Bonchev–Trinajstić information content (AvgIpc) is 2.33. The predicted octanol–water partition coefficient (Wildman–Crippen LogP) is 3.18. The van der Waals surface area contributed by atoms with Crippen molar-refractivity contribution in [3.63, 3.8) is 0 Å². The first-order chi connectivity index (χ1) is 9.28. The molecule has 1 aromatic carbocycles. The Morgan fingerprint density at radius 1 is 1.30 bits per heavy atom. The second-order valence-electron chi connectivity index (χ2n) is 5.31. The zero-order valence-corrected chi connectivity index (χ0v) is 14.3. The normalized spacial score (nSPS) is 13.0. The first kappa shape index (κ1) is 17.3. The van der Waals surface area contributed by atoms with E-state index < -0.39 is 16.6 Å². The Morgan fingerprint density at radius 3 is 2.45 bits per heavy atom. The number of hydrogen-bond acceptors (Lipinski definition) is 3. The largest absolute Gasteiger partial charge is 0.460 e. The van der Waals surface area contributed by atoms with E-state index in [1.54, 1.807) is 12.1 Å². The standard InChI is InChI=1S/C14H20BrNO3S/c1-14(2,3)19-13(17)5-4-10-16-20(18)12-8-6-11(15)7-9-12/h6-9,16H,4-5,10H2,1-3H3. The number of ether oxygens (including phenoxy) is 1. The third-order valence-corrected chi connectivity index (χ3v) is 3.93. The van der Waals surface area contributed by atoms with E-state index in [-0.39, 0.29) is 5.97 Å². The van der Waals surface area contributed by atoms with Crippen molar-refractivity contribution in [2.24, 2.45) is 0 Å². The zero-order chi connectivity index (χ0) is 15.2. The van der Waals surface area contributed by atoms with Gasteiger partial charge in [-0.1, -0.05) is 15.9 Å². The molecule has 0 heterocycles. The van der Waals surface area contributed by atoms with Gasteiger partial charge in [-0.2, -0.15) is 0 Å². The molecule has 1 atom stereocenters. The van der Waals surface area contributed by atoms with Crippen LogP contribution in [0.25, 0.3) is 0 Å². The number of nitrogens with one attached hydrogen (secondary N) is 1. The molecule has 0 aromatic heterocycles. The van der Waals surface area contributed by atoms with Crippen LogP contribution in [0.4, 0.5) is 0 Å². The lowest BCUT2D eigenvalue weighted by Crippen LogP contribution is -2.25. The molecule has 0 aliphatic rings. The number of esters is 1. The molecule has 0 aliphatic heterocycles. The molecule has 1 aromatic rings. The van der Waals surface area contributed by atoms with Crippen molar-refractivity contribution >= 4 is 32.9 Å². The van der Waals surface area contributed by atoms with Crippen LogP contribution in [0.2, 0.25) is 0 Å². The summed E-state index contributed by atoms with van der Waals surface area (Å²) in [4.78, 5) is 12.2. The van der Waals surface area contributed by atoms with Gasteiger partial charge in [-0.25, -0.2) is 8.93 Å². The lowest BCUT2D eigenvalue weighted by atomic mass is 10.2. The van der Waals surface area contributed by atoms with Crippen LogP contribution in [0, 0.1) is 0 Å². The van der Waals surface area contributed by atoms with Crippen molar-refractivity contribution in [1.82, 2.24) is 4.72 Å². The second-order valence-corrected chi connectivity index (χ2v) is 7.52. The van der Waals surface area contributed by atoms with Gasteiger partial charge in [0.25, 0.3) is 0 Å². The summed E-state index contributed by atoms with van der Waals surface area (Å²) < 4.78 is 20.9. The van der Waals surface area contributed by atoms with Gasteiger partial charge in [0.15, 0.2) is 0 Å². The Labute approximate surface area is 131 Å². The lowest BCUT2D eigenvalue weighted by molar-refractivity contribution is -0.154. The van der Waals surface area contributed by atoms with Crippen molar-refractivity contribution in [3.8, 4) is 0 Å². The van der Waals surface area contributed by atoms with Crippen molar-refractivity contribution in [2.45, 2.75) is 44.1 Å². The first-order valence-corrected chi connectivity index (χ1v) is 8.35. The highest BCUT2D eigenvalue weighted by Crippen LogP contribution is 2.12. The van der Waals surface area contributed by atoms with E-state index in [2.05, 4.69) is 20.7 Å². The van der Waals surface area contributed by atoms with Gasteiger partial charge in [0.05, 0.1) is 4.90 Å². The Bertz CT molecular complexity index is 468.